The number of fused-ring (bicyclic) bond motifs is 1. The van der Waals surface area contributed by atoms with Crippen LogP contribution in [0.1, 0.15) is 30.1 Å². The Balaban J connectivity index is 1.59. The summed E-state index contributed by atoms with van der Waals surface area (Å²) < 4.78 is 13.4. The van der Waals surface area contributed by atoms with Gasteiger partial charge >= 0.3 is 0 Å². The van der Waals surface area contributed by atoms with Crippen LogP contribution in [0.5, 0.6) is 0 Å². The number of hydrogen-bond donors (Lipinski definition) is 0. The van der Waals surface area contributed by atoms with E-state index in [1.165, 1.54) is 18.5 Å². The zero-order valence-corrected chi connectivity index (χ0v) is 15.3. The summed E-state index contributed by atoms with van der Waals surface area (Å²) in [5.41, 5.74) is 2.38. The van der Waals surface area contributed by atoms with Gasteiger partial charge in [0.25, 0.3) is 0 Å². The first-order valence-corrected chi connectivity index (χ1v) is 9.04. The molecular weight excluding hydrogens is 306 g/mol. The lowest BCUT2D eigenvalue weighted by atomic mass is 9.95. The average molecular weight is 337 g/mol. The molecule has 0 saturated carbocycles. The predicted molar refractivity (Wildman–Crippen MR) is 91.9 cm³/mol. The third-order valence-electron chi connectivity index (χ3n) is 5.04. The Morgan fingerprint density at radius 3 is 2.83 bits per heavy atom. The maximum absolute atomic E-state index is 5.95. The van der Waals surface area contributed by atoms with E-state index in [0.717, 1.165) is 64.2 Å². The Morgan fingerprint density at radius 2 is 2.08 bits per heavy atom. The van der Waals surface area contributed by atoms with Crippen molar-refractivity contribution in [1.82, 2.24) is 24.8 Å². The molecule has 2 aliphatic rings. The molecule has 1 fully saturated rings. The first-order chi connectivity index (χ1) is 11.6. The van der Waals surface area contributed by atoms with Crippen LogP contribution in [0.4, 0.5) is 0 Å². The van der Waals surface area contributed by atoms with Gasteiger partial charge in [0.15, 0.2) is 0 Å². The van der Waals surface area contributed by atoms with Gasteiger partial charge in [-0.25, -0.2) is 0 Å². The molecule has 136 valence electrons. The molecule has 2 aliphatic heterocycles. The van der Waals surface area contributed by atoms with Crippen molar-refractivity contribution in [3.8, 4) is 0 Å². The molecule has 7 heteroatoms. The topological polar surface area (TPSA) is 55.6 Å². The van der Waals surface area contributed by atoms with Crippen LogP contribution in [0.3, 0.4) is 0 Å². The summed E-state index contributed by atoms with van der Waals surface area (Å²) in [6.07, 6.45) is 2.35. The number of rotatable bonds is 7. The lowest BCUT2D eigenvalue weighted by Gasteiger charge is -2.35. The molecule has 7 nitrogen and oxygen atoms in total. The maximum Gasteiger partial charge on any atom is 0.100 e. The number of likely N-dealkylation sites (N-methyl/N-ethyl adjacent to an activating group) is 1. The number of nitrogens with zero attached hydrogens (tertiary/aromatic N) is 5. The third kappa shape index (κ3) is 4.53. The quantitative estimate of drug-likeness (QED) is 0.684. The fourth-order valence-corrected chi connectivity index (χ4v) is 3.73. The van der Waals surface area contributed by atoms with Crippen LogP contribution >= 0.6 is 0 Å². The van der Waals surface area contributed by atoms with Gasteiger partial charge in [-0.1, -0.05) is 5.21 Å². The van der Waals surface area contributed by atoms with Crippen LogP contribution in [0.2, 0.25) is 0 Å². The molecule has 1 aromatic rings. The Labute approximate surface area is 144 Å². The molecule has 0 amide bonds. The minimum absolute atomic E-state index is 0.357. The number of ether oxygens (including phenoxy) is 2. The van der Waals surface area contributed by atoms with Crippen molar-refractivity contribution in [1.29, 1.82) is 0 Å². The smallest absolute Gasteiger partial charge is 0.100 e. The standard InChI is InChI=1S/C17H31N5O2/c1-20(2)6-9-24-13-15-11-22(10-14-4-7-23-8-5-14)12-16-17(15)21(3)19-18-16/h14-15H,4-13H2,1-3H3/t15-/m1/s1. The molecule has 0 spiro atoms. The second kappa shape index (κ2) is 8.38. The summed E-state index contributed by atoms with van der Waals surface area (Å²) in [7, 11) is 6.14. The van der Waals surface area contributed by atoms with Gasteiger partial charge in [-0.3, -0.25) is 9.58 Å². The van der Waals surface area contributed by atoms with Crippen molar-refractivity contribution in [3.05, 3.63) is 11.4 Å². The maximum atomic E-state index is 5.95. The second-order valence-electron chi connectivity index (χ2n) is 7.37. The first-order valence-electron chi connectivity index (χ1n) is 9.04. The lowest BCUT2D eigenvalue weighted by Crippen LogP contribution is -2.40. The molecule has 24 heavy (non-hydrogen) atoms. The molecule has 3 heterocycles. The average Bonchev–Trinajstić information content (AvgIpc) is 2.93. The van der Waals surface area contributed by atoms with Crippen molar-refractivity contribution in [2.75, 3.05) is 60.2 Å². The van der Waals surface area contributed by atoms with Gasteiger partial charge in [0, 0.05) is 52.4 Å². The van der Waals surface area contributed by atoms with Gasteiger partial charge in [-0.05, 0) is 32.9 Å². The van der Waals surface area contributed by atoms with Crippen molar-refractivity contribution >= 4 is 0 Å². The lowest BCUT2D eigenvalue weighted by molar-refractivity contribution is 0.0422. The number of hydrogen-bond acceptors (Lipinski definition) is 6. The normalized spacial score (nSPS) is 22.9. The van der Waals surface area contributed by atoms with Crippen molar-refractivity contribution in [2.45, 2.75) is 25.3 Å². The van der Waals surface area contributed by atoms with E-state index in [1.54, 1.807) is 0 Å². The van der Waals surface area contributed by atoms with Crippen LogP contribution < -0.4 is 0 Å². The second-order valence-corrected chi connectivity index (χ2v) is 7.37. The van der Waals surface area contributed by atoms with E-state index in [1.807, 2.05) is 11.7 Å². The number of aryl methyl sites for hydroxylation is 1. The van der Waals surface area contributed by atoms with E-state index >= 15 is 0 Å². The Bertz CT molecular complexity index is 513. The van der Waals surface area contributed by atoms with E-state index in [2.05, 4.69) is 34.2 Å². The molecule has 1 saturated heterocycles. The van der Waals surface area contributed by atoms with E-state index in [4.69, 9.17) is 9.47 Å². The fourth-order valence-electron chi connectivity index (χ4n) is 3.73. The molecule has 0 bridgehead atoms. The van der Waals surface area contributed by atoms with Crippen LogP contribution in [0.15, 0.2) is 0 Å². The summed E-state index contributed by atoms with van der Waals surface area (Å²) in [5.74, 6) is 1.10. The summed E-state index contributed by atoms with van der Waals surface area (Å²) >= 11 is 0. The van der Waals surface area contributed by atoms with E-state index in [0.29, 0.717) is 5.92 Å². The molecular formula is C17H31N5O2. The Hall–Kier alpha value is -1.02. The summed E-state index contributed by atoms with van der Waals surface area (Å²) in [4.78, 5) is 4.68. The Kier molecular flexibility index (Phi) is 6.21. The van der Waals surface area contributed by atoms with E-state index in [9.17, 15) is 0 Å². The molecule has 0 radical (unpaired) electrons. The van der Waals surface area contributed by atoms with Gasteiger partial charge in [-0.15, -0.1) is 5.10 Å². The minimum Gasteiger partial charge on any atom is -0.381 e. The largest absolute Gasteiger partial charge is 0.381 e. The molecule has 3 rings (SSSR count). The highest BCUT2D eigenvalue weighted by molar-refractivity contribution is 5.19. The molecule has 0 aliphatic carbocycles. The van der Waals surface area contributed by atoms with Crippen molar-refractivity contribution in [2.24, 2.45) is 13.0 Å². The SMILES string of the molecule is CN(C)CCOC[C@H]1CN(CC2CCOCC2)Cc2nnn(C)c21. The molecule has 0 unspecified atom stereocenters. The van der Waals surface area contributed by atoms with E-state index < -0.39 is 0 Å². The van der Waals surface area contributed by atoms with Gasteiger partial charge in [0.1, 0.15) is 5.69 Å². The Morgan fingerprint density at radius 1 is 1.29 bits per heavy atom. The highest BCUT2D eigenvalue weighted by Crippen LogP contribution is 2.28. The first kappa shape index (κ1) is 17.8. The monoisotopic (exact) mass is 337 g/mol. The van der Waals surface area contributed by atoms with Gasteiger partial charge in [0.2, 0.25) is 0 Å². The molecule has 0 aromatic carbocycles. The van der Waals surface area contributed by atoms with Crippen molar-refractivity contribution in [3.63, 3.8) is 0 Å². The van der Waals surface area contributed by atoms with Crippen LogP contribution in [-0.4, -0.2) is 85.0 Å². The van der Waals surface area contributed by atoms with Gasteiger partial charge in [0.05, 0.1) is 18.9 Å². The zero-order chi connectivity index (χ0) is 16.9. The van der Waals surface area contributed by atoms with Crippen LogP contribution in [-0.2, 0) is 23.1 Å². The van der Waals surface area contributed by atoms with Crippen LogP contribution in [0.25, 0.3) is 0 Å². The highest BCUT2D eigenvalue weighted by atomic mass is 16.5. The molecule has 0 N–H and O–H groups in total. The van der Waals surface area contributed by atoms with Crippen LogP contribution in [0, 0.1) is 5.92 Å². The summed E-state index contributed by atoms with van der Waals surface area (Å²) in [6, 6.07) is 0. The minimum atomic E-state index is 0.357. The van der Waals surface area contributed by atoms with Gasteiger partial charge < -0.3 is 14.4 Å². The fraction of sp³-hybridized carbons (Fsp3) is 0.882. The third-order valence-corrected chi connectivity index (χ3v) is 5.04. The van der Waals surface area contributed by atoms with Crippen molar-refractivity contribution < 1.29 is 9.47 Å². The number of aromatic nitrogens is 3. The van der Waals surface area contributed by atoms with Gasteiger partial charge in [-0.2, -0.15) is 0 Å². The predicted octanol–water partition coefficient (Wildman–Crippen LogP) is 0.719. The summed E-state index contributed by atoms with van der Waals surface area (Å²) in [5, 5.41) is 8.63. The molecule has 1 aromatic heterocycles. The summed E-state index contributed by atoms with van der Waals surface area (Å²) in [6.45, 7) is 7.36. The highest BCUT2D eigenvalue weighted by Gasteiger charge is 2.31. The zero-order valence-electron chi connectivity index (χ0n) is 15.3. The molecule has 1 atom stereocenters. The van der Waals surface area contributed by atoms with E-state index in [-0.39, 0.29) is 0 Å².